The minimum absolute atomic E-state index is 0.0417. The molecule has 0 aromatic carbocycles. The molecule has 2 heteroatoms. The van der Waals surface area contributed by atoms with Crippen molar-refractivity contribution < 1.29 is 5.11 Å². The average molecular weight is 126 g/mol. The second-order valence-corrected chi connectivity index (χ2v) is 3.16. The summed E-state index contributed by atoms with van der Waals surface area (Å²) in [6.45, 7) is 0. The summed E-state index contributed by atoms with van der Waals surface area (Å²) in [5.74, 6) is 0. The largest absolute Gasteiger partial charge is 0.393 e. The Morgan fingerprint density at radius 2 is 1.67 bits per heavy atom. The van der Waals surface area contributed by atoms with Crippen molar-refractivity contribution in [2.24, 2.45) is 0 Å². The summed E-state index contributed by atoms with van der Waals surface area (Å²) < 4.78 is 0. The van der Waals surface area contributed by atoms with E-state index in [2.05, 4.69) is 5.32 Å². The number of aliphatic hydroxyl groups excluding tert-OH is 1. The van der Waals surface area contributed by atoms with Crippen LogP contribution in [0.1, 0.15) is 25.7 Å². The van der Waals surface area contributed by atoms with Gasteiger partial charge in [-0.15, -0.1) is 0 Å². The van der Waals surface area contributed by atoms with Crippen molar-refractivity contribution >= 4 is 0 Å². The molecular weight excluding hydrogens is 114 g/mol. The lowest BCUT2D eigenvalue weighted by atomic mass is 10.0. The molecule has 0 aromatic heterocycles. The Kier molecular flexibility index (Phi) is 1.24. The van der Waals surface area contributed by atoms with E-state index in [0.717, 1.165) is 12.8 Å². The van der Waals surface area contributed by atoms with Crippen LogP contribution < -0.4 is 5.32 Å². The molecule has 51 valence electrons. The first-order chi connectivity index (χ1) is 4.34. The monoisotopic (exact) mass is 126 g/mol. The van der Waals surface area contributed by atoms with Gasteiger partial charge in [0.1, 0.15) is 0 Å². The topological polar surface area (TPSA) is 34.3 Å². The summed E-state index contributed by atoms with van der Waals surface area (Å²) in [7, 11) is 0. The molecule has 0 aliphatic carbocycles. The summed E-state index contributed by atoms with van der Waals surface area (Å²) in [6.07, 6.45) is 4.26. The Morgan fingerprint density at radius 3 is 2.22 bits per heavy atom. The van der Waals surface area contributed by atoms with Gasteiger partial charge in [0, 0.05) is 12.1 Å². The van der Waals surface area contributed by atoms with Gasteiger partial charge in [-0.1, -0.05) is 0 Å². The quantitative estimate of drug-likeness (QED) is 0.497. The van der Waals surface area contributed by atoms with Crippen LogP contribution in [0.3, 0.4) is 0 Å². The Morgan fingerprint density at radius 1 is 1.11 bits per heavy atom. The second kappa shape index (κ2) is 1.96. The SMILES string of the molecule is OC1CC2CCC(C1)[N]2. The first-order valence-corrected chi connectivity index (χ1v) is 3.72. The fourth-order valence-corrected chi connectivity index (χ4v) is 1.91. The van der Waals surface area contributed by atoms with E-state index in [1.807, 2.05) is 0 Å². The highest BCUT2D eigenvalue weighted by molar-refractivity contribution is 4.91. The van der Waals surface area contributed by atoms with Crippen LogP contribution in [0.4, 0.5) is 0 Å². The van der Waals surface area contributed by atoms with Gasteiger partial charge in [0.2, 0.25) is 0 Å². The predicted molar refractivity (Wildman–Crippen MR) is 34.2 cm³/mol. The number of hydrogen-bond donors (Lipinski definition) is 1. The van der Waals surface area contributed by atoms with E-state index in [1.165, 1.54) is 12.8 Å². The van der Waals surface area contributed by atoms with Crippen LogP contribution in [0.2, 0.25) is 0 Å². The maximum Gasteiger partial charge on any atom is 0.0571 e. The van der Waals surface area contributed by atoms with Crippen LogP contribution in [0.15, 0.2) is 0 Å². The van der Waals surface area contributed by atoms with E-state index >= 15 is 0 Å². The third-order valence-electron chi connectivity index (χ3n) is 2.34. The molecule has 1 radical (unpaired) electrons. The van der Waals surface area contributed by atoms with E-state index in [4.69, 9.17) is 0 Å². The van der Waals surface area contributed by atoms with Crippen LogP contribution in [-0.4, -0.2) is 23.3 Å². The highest BCUT2D eigenvalue weighted by Gasteiger charge is 2.33. The minimum atomic E-state index is -0.0417. The van der Waals surface area contributed by atoms with Gasteiger partial charge in [0.15, 0.2) is 0 Å². The van der Waals surface area contributed by atoms with E-state index in [0.29, 0.717) is 12.1 Å². The van der Waals surface area contributed by atoms with Crippen molar-refractivity contribution in [2.75, 3.05) is 0 Å². The van der Waals surface area contributed by atoms with Gasteiger partial charge in [-0.05, 0) is 25.7 Å². The fraction of sp³-hybridized carbons (Fsp3) is 1.00. The van der Waals surface area contributed by atoms with Crippen molar-refractivity contribution in [1.82, 2.24) is 5.32 Å². The molecule has 2 heterocycles. The molecule has 0 spiro atoms. The molecule has 2 aliphatic rings. The molecular formula is C7H12NO. The molecule has 2 aliphatic heterocycles. The lowest BCUT2D eigenvalue weighted by molar-refractivity contribution is 0.112. The van der Waals surface area contributed by atoms with Crippen molar-refractivity contribution in [2.45, 2.75) is 43.9 Å². The van der Waals surface area contributed by atoms with E-state index < -0.39 is 0 Å². The molecule has 2 rings (SSSR count). The molecule has 2 fully saturated rings. The van der Waals surface area contributed by atoms with Gasteiger partial charge in [-0.3, -0.25) is 0 Å². The molecule has 2 nitrogen and oxygen atoms in total. The summed E-state index contributed by atoms with van der Waals surface area (Å²) in [6, 6.07) is 1.03. The van der Waals surface area contributed by atoms with Crippen LogP contribution in [0.25, 0.3) is 0 Å². The summed E-state index contributed by atoms with van der Waals surface area (Å²) in [4.78, 5) is 0. The Labute approximate surface area is 55.3 Å². The first kappa shape index (κ1) is 5.69. The zero-order valence-corrected chi connectivity index (χ0v) is 5.45. The van der Waals surface area contributed by atoms with Gasteiger partial charge >= 0.3 is 0 Å². The third kappa shape index (κ3) is 0.970. The lowest BCUT2D eigenvalue weighted by Crippen LogP contribution is -2.34. The van der Waals surface area contributed by atoms with Gasteiger partial charge in [0.25, 0.3) is 0 Å². The zero-order chi connectivity index (χ0) is 6.27. The van der Waals surface area contributed by atoms with Crippen LogP contribution in [-0.2, 0) is 0 Å². The Bertz CT molecular complexity index is 103. The molecule has 1 N–H and O–H groups in total. The fourth-order valence-electron chi connectivity index (χ4n) is 1.91. The van der Waals surface area contributed by atoms with Crippen molar-refractivity contribution in [3.8, 4) is 0 Å². The average Bonchev–Trinajstić information content (AvgIpc) is 2.11. The van der Waals surface area contributed by atoms with E-state index in [9.17, 15) is 5.11 Å². The number of piperidine rings is 1. The van der Waals surface area contributed by atoms with Crippen LogP contribution in [0.5, 0.6) is 0 Å². The van der Waals surface area contributed by atoms with Crippen LogP contribution in [0, 0.1) is 0 Å². The molecule has 2 unspecified atom stereocenters. The summed E-state index contributed by atoms with van der Waals surface area (Å²) in [5.41, 5.74) is 0. The summed E-state index contributed by atoms with van der Waals surface area (Å²) >= 11 is 0. The van der Waals surface area contributed by atoms with Gasteiger partial charge < -0.3 is 5.11 Å². The number of aliphatic hydroxyl groups is 1. The minimum Gasteiger partial charge on any atom is -0.393 e. The van der Waals surface area contributed by atoms with Crippen molar-refractivity contribution in [1.29, 1.82) is 0 Å². The van der Waals surface area contributed by atoms with Gasteiger partial charge in [-0.25, -0.2) is 5.32 Å². The van der Waals surface area contributed by atoms with Gasteiger partial charge in [-0.2, -0.15) is 0 Å². The smallest absolute Gasteiger partial charge is 0.0571 e. The summed E-state index contributed by atoms with van der Waals surface area (Å²) in [5, 5.41) is 13.7. The van der Waals surface area contributed by atoms with E-state index in [1.54, 1.807) is 0 Å². The Hall–Kier alpha value is -0.0800. The normalized spacial score (nSPS) is 49.7. The molecule has 9 heavy (non-hydrogen) atoms. The second-order valence-electron chi connectivity index (χ2n) is 3.16. The van der Waals surface area contributed by atoms with E-state index in [-0.39, 0.29) is 6.10 Å². The highest BCUT2D eigenvalue weighted by Crippen LogP contribution is 2.27. The zero-order valence-electron chi connectivity index (χ0n) is 5.45. The Balaban J connectivity index is 2.03. The predicted octanol–water partition coefficient (Wildman–Crippen LogP) is 0.276. The van der Waals surface area contributed by atoms with Crippen molar-refractivity contribution in [3.63, 3.8) is 0 Å². The maximum absolute atomic E-state index is 9.23. The number of rotatable bonds is 0. The molecule has 2 bridgehead atoms. The molecule has 0 aromatic rings. The molecule has 2 saturated heterocycles. The first-order valence-electron chi connectivity index (χ1n) is 3.72. The number of hydrogen-bond acceptors (Lipinski definition) is 1. The van der Waals surface area contributed by atoms with Crippen LogP contribution >= 0.6 is 0 Å². The molecule has 0 amide bonds. The third-order valence-corrected chi connectivity index (χ3v) is 2.34. The lowest BCUT2D eigenvalue weighted by Gasteiger charge is -2.23. The maximum atomic E-state index is 9.23. The van der Waals surface area contributed by atoms with Crippen molar-refractivity contribution in [3.05, 3.63) is 0 Å². The molecule has 2 atom stereocenters. The highest BCUT2D eigenvalue weighted by atomic mass is 16.3. The number of fused-ring (bicyclic) bond motifs is 2. The standard InChI is InChI=1S/C7H12NO/c9-7-3-5-1-2-6(4-7)8-5/h5-7,9H,1-4H2. The molecule has 0 saturated carbocycles. The number of nitrogens with zero attached hydrogens (tertiary/aromatic N) is 1. The van der Waals surface area contributed by atoms with Gasteiger partial charge in [0.05, 0.1) is 6.10 Å².